The molecule has 4 aromatic rings. The number of amides is 1. The van der Waals surface area contributed by atoms with E-state index in [9.17, 15) is 17.6 Å². The third-order valence-electron chi connectivity index (χ3n) is 6.12. The molecule has 0 aliphatic carbocycles. The van der Waals surface area contributed by atoms with Crippen LogP contribution in [0.5, 0.6) is 0 Å². The number of anilines is 2. The van der Waals surface area contributed by atoms with Gasteiger partial charge in [-0.25, -0.2) is 17.8 Å². The van der Waals surface area contributed by atoms with Crippen molar-refractivity contribution in [2.75, 3.05) is 29.4 Å². The number of hydrogen-bond acceptors (Lipinski definition) is 6. The molecule has 1 aromatic heterocycles. The predicted octanol–water partition coefficient (Wildman–Crippen LogP) is 5.09. The molecule has 0 spiro atoms. The fourth-order valence-corrected chi connectivity index (χ4v) is 6.30. The van der Waals surface area contributed by atoms with Gasteiger partial charge in [0.05, 0.1) is 27.9 Å². The van der Waals surface area contributed by atoms with Crippen molar-refractivity contribution in [2.45, 2.75) is 23.8 Å². The van der Waals surface area contributed by atoms with E-state index in [-0.39, 0.29) is 29.0 Å². The number of hydrogen-bond donors (Lipinski definition) is 0. The van der Waals surface area contributed by atoms with E-state index in [2.05, 4.69) is 4.98 Å². The Morgan fingerprint density at radius 1 is 1.08 bits per heavy atom. The summed E-state index contributed by atoms with van der Waals surface area (Å²) in [6.07, 6.45) is 1.57. The maximum Gasteiger partial charge on any atom is 0.264 e. The fourth-order valence-electron chi connectivity index (χ4n) is 4.12. The summed E-state index contributed by atoms with van der Waals surface area (Å²) in [5.74, 6) is -0.804. The molecule has 1 aliphatic rings. The minimum atomic E-state index is -3.81. The second-order valence-electron chi connectivity index (χ2n) is 8.47. The smallest absolute Gasteiger partial charge is 0.264 e. The zero-order valence-corrected chi connectivity index (χ0v) is 21.1. The summed E-state index contributed by atoms with van der Waals surface area (Å²) in [4.78, 5) is 19.6. The molecular weight excluding hydrogens is 501 g/mol. The number of halogens is 1. The number of thiazole rings is 1. The highest BCUT2D eigenvalue weighted by Crippen LogP contribution is 2.32. The number of ether oxygens (including phenoxy) is 1. The quantitative estimate of drug-likeness (QED) is 0.336. The van der Waals surface area contributed by atoms with Crippen LogP contribution >= 0.6 is 11.3 Å². The number of sulfonamides is 1. The molecule has 1 unspecified atom stereocenters. The van der Waals surface area contributed by atoms with Gasteiger partial charge >= 0.3 is 0 Å². The number of aromatic nitrogens is 1. The molecule has 7 nitrogen and oxygen atoms in total. The molecule has 36 heavy (non-hydrogen) atoms. The van der Waals surface area contributed by atoms with Crippen LogP contribution in [0.2, 0.25) is 0 Å². The molecule has 186 valence electrons. The van der Waals surface area contributed by atoms with Crippen LogP contribution in [0.15, 0.2) is 77.7 Å². The van der Waals surface area contributed by atoms with Crippen LogP contribution in [0.25, 0.3) is 10.2 Å². The van der Waals surface area contributed by atoms with Gasteiger partial charge in [-0.05, 0) is 61.4 Å². The summed E-state index contributed by atoms with van der Waals surface area (Å²) in [6.45, 7) is 0.903. The SMILES string of the molecule is CN(c1ccccc1)S(=O)(=O)c1ccc(C(=O)N(CC2CCCO2)c2nc3c(F)cccc3s2)cc1. The molecule has 2 heterocycles. The van der Waals surface area contributed by atoms with Gasteiger partial charge < -0.3 is 4.74 Å². The first-order chi connectivity index (χ1) is 17.3. The number of para-hydroxylation sites is 2. The minimum absolute atomic E-state index is 0.0677. The van der Waals surface area contributed by atoms with Crippen molar-refractivity contribution in [1.82, 2.24) is 4.98 Å². The van der Waals surface area contributed by atoms with Gasteiger partial charge in [-0.1, -0.05) is 35.6 Å². The highest BCUT2D eigenvalue weighted by Gasteiger charge is 2.28. The summed E-state index contributed by atoms with van der Waals surface area (Å²) in [7, 11) is -2.33. The van der Waals surface area contributed by atoms with Gasteiger partial charge in [0.15, 0.2) is 5.13 Å². The number of fused-ring (bicyclic) bond motifs is 1. The van der Waals surface area contributed by atoms with Crippen molar-refractivity contribution in [2.24, 2.45) is 0 Å². The fraction of sp³-hybridized carbons (Fsp3) is 0.231. The summed E-state index contributed by atoms with van der Waals surface area (Å²) in [6, 6.07) is 19.3. The van der Waals surface area contributed by atoms with E-state index in [1.54, 1.807) is 36.4 Å². The largest absolute Gasteiger partial charge is 0.376 e. The molecule has 0 radical (unpaired) electrons. The molecule has 1 atom stereocenters. The summed E-state index contributed by atoms with van der Waals surface area (Å²) in [5.41, 5.74) is 1.05. The van der Waals surface area contributed by atoms with Gasteiger partial charge in [0.25, 0.3) is 15.9 Å². The summed E-state index contributed by atoms with van der Waals surface area (Å²) in [5, 5.41) is 0.371. The Bertz CT molecular complexity index is 1480. The van der Waals surface area contributed by atoms with Crippen molar-refractivity contribution in [3.8, 4) is 0 Å². The Morgan fingerprint density at radius 3 is 2.50 bits per heavy atom. The second-order valence-corrected chi connectivity index (χ2v) is 11.4. The molecule has 1 saturated heterocycles. The van der Waals surface area contributed by atoms with Crippen LogP contribution in [0.3, 0.4) is 0 Å². The van der Waals surface area contributed by atoms with Gasteiger partial charge in [0, 0.05) is 19.2 Å². The third-order valence-corrected chi connectivity index (χ3v) is 8.97. The van der Waals surface area contributed by atoms with E-state index in [1.165, 1.54) is 57.9 Å². The third kappa shape index (κ3) is 4.71. The average Bonchev–Trinajstić information content (AvgIpc) is 3.57. The number of carbonyl (C=O) groups excluding carboxylic acids is 1. The van der Waals surface area contributed by atoms with Crippen molar-refractivity contribution in [3.63, 3.8) is 0 Å². The monoisotopic (exact) mass is 525 g/mol. The average molecular weight is 526 g/mol. The zero-order valence-electron chi connectivity index (χ0n) is 19.5. The van der Waals surface area contributed by atoms with Crippen molar-refractivity contribution in [1.29, 1.82) is 0 Å². The second kappa shape index (κ2) is 9.96. The lowest BCUT2D eigenvalue weighted by Gasteiger charge is -2.23. The van der Waals surface area contributed by atoms with Gasteiger partial charge in [-0.3, -0.25) is 14.0 Å². The van der Waals surface area contributed by atoms with E-state index in [1.807, 2.05) is 6.07 Å². The van der Waals surface area contributed by atoms with Gasteiger partial charge in [-0.2, -0.15) is 0 Å². The molecule has 10 heteroatoms. The number of carbonyl (C=O) groups is 1. The molecule has 1 fully saturated rings. The van der Waals surface area contributed by atoms with Crippen molar-refractivity contribution in [3.05, 3.63) is 84.2 Å². The Hall–Kier alpha value is -3.34. The summed E-state index contributed by atoms with van der Waals surface area (Å²) >= 11 is 1.23. The first kappa shape index (κ1) is 24.4. The maximum absolute atomic E-state index is 14.3. The molecular formula is C26H24FN3O4S2. The predicted molar refractivity (Wildman–Crippen MR) is 139 cm³/mol. The van der Waals surface area contributed by atoms with Crippen LogP contribution < -0.4 is 9.21 Å². The molecule has 1 aliphatic heterocycles. The van der Waals surface area contributed by atoms with E-state index in [0.29, 0.717) is 27.7 Å². The normalized spacial score (nSPS) is 15.8. The molecule has 0 saturated carbocycles. The maximum atomic E-state index is 14.3. The van der Waals surface area contributed by atoms with Crippen molar-refractivity contribution < 1.29 is 22.3 Å². The lowest BCUT2D eigenvalue weighted by Crippen LogP contribution is -2.37. The highest BCUT2D eigenvalue weighted by molar-refractivity contribution is 7.92. The first-order valence-electron chi connectivity index (χ1n) is 11.5. The highest BCUT2D eigenvalue weighted by atomic mass is 32.2. The molecule has 0 bridgehead atoms. The van der Waals surface area contributed by atoms with E-state index in [0.717, 1.165) is 12.8 Å². The number of benzene rings is 3. The van der Waals surface area contributed by atoms with E-state index >= 15 is 0 Å². The number of nitrogens with zero attached hydrogens (tertiary/aromatic N) is 3. The van der Waals surface area contributed by atoms with E-state index in [4.69, 9.17) is 4.74 Å². The first-order valence-corrected chi connectivity index (χ1v) is 13.7. The molecule has 0 N–H and O–H groups in total. The van der Waals surface area contributed by atoms with Crippen LogP contribution in [0.4, 0.5) is 15.2 Å². The van der Waals surface area contributed by atoms with Crippen LogP contribution in [-0.2, 0) is 14.8 Å². The summed E-state index contributed by atoms with van der Waals surface area (Å²) < 4.78 is 48.1. The lowest BCUT2D eigenvalue weighted by atomic mass is 10.2. The van der Waals surface area contributed by atoms with Gasteiger partial charge in [0.1, 0.15) is 11.3 Å². The molecule has 1 amide bonds. The standard InChI is InChI=1S/C26H24FN3O4S2/c1-29(19-7-3-2-4-8-19)36(32,33)21-14-12-18(13-15-21)25(31)30(17-20-9-6-16-34-20)26-28-24-22(27)10-5-11-23(24)35-26/h2-5,7-8,10-15,20H,6,9,16-17H2,1H3. The minimum Gasteiger partial charge on any atom is -0.376 e. The van der Waals surface area contributed by atoms with Gasteiger partial charge in [0.2, 0.25) is 0 Å². The van der Waals surface area contributed by atoms with Crippen LogP contribution in [0, 0.1) is 5.82 Å². The van der Waals surface area contributed by atoms with Crippen LogP contribution in [0.1, 0.15) is 23.2 Å². The number of rotatable bonds is 7. The zero-order chi connectivity index (χ0) is 25.3. The Morgan fingerprint density at radius 2 is 1.83 bits per heavy atom. The Labute approximate surface area is 212 Å². The Kier molecular flexibility index (Phi) is 6.74. The Balaban J connectivity index is 1.45. The lowest BCUT2D eigenvalue weighted by molar-refractivity contribution is 0.0917. The van der Waals surface area contributed by atoms with E-state index < -0.39 is 15.8 Å². The van der Waals surface area contributed by atoms with Gasteiger partial charge in [-0.15, -0.1) is 0 Å². The van der Waals surface area contributed by atoms with Crippen LogP contribution in [-0.4, -0.2) is 45.6 Å². The topological polar surface area (TPSA) is 79.8 Å². The molecule has 5 rings (SSSR count). The molecule has 3 aromatic carbocycles. The van der Waals surface area contributed by atoms with Crippen molar-refractivity contribution >= 4 is 48.3 Å².